The highest BCUT2D eigenvalue weighted by atomic mass is 35.5. The fourth-order valence-electron chi connectivity index (χ4n) is 1.22. The predicted molar refractivity (Wildman–Crippen MR) is 68.6 cm³/mol. The van der Waals surface area contributed by atoms with Crippen molar-refractivity contribution in [1.82, 2.24) is 0 Å². The van der Waals surface area contributed by atoms with Gasteiger partial charge < -0.3 is 4.43 Å². The van der Waals surface area contributed by atoms with Crippen LogP contribution < -0.4 is 5.19 Å². The van der Waals surface area contributed by atoms with Crippen LogP contribution in [-0.2, 0) is 4.43 Å². The molecule has 0 aliphatic carbocycles. The molecule has 0 fully saturated rings. The molecule has 1 aromatic carbocycles. The van der Waals surface area contributed by atoms with Crippen molar-refractivity contribution in [2.24, 2.45) is 0 Å². The lowest BCUT2D eigenvalue weighted by Gasteiger charge is -2.12. The van der Waals surface area contributed by atoms with Gasteiger partial charge in [-0.15, -0.1) is 0 Å². The number of rotatable bonds is 5. The second-order valence-electron chi connectivity index (χ2n) is 3.36. The fourth-order valence-corrected chi connectivity index (χ4v) is 3.38. The maximum atomic E-state index is 6.11. The molecule has 83 valence electrons. The predicted octanol–water partition coefficient (Wildman–Crippen LogP) is 3.64. The van der Waals surface area contributed by atoms with E-state index in [4.69, 9.17) is 27.6 Å². The Morgan fingerprint density at radius 2 is 2.07 bits per heavy atom. The van der Waals surface area contributed by atoms with Crippen LogP contribution >= 0.6 is 23.2 Å². The first-order valence-corrected chi connectivity index (χ1v) is 7.74. The SMILES string of the molecule is CCCCO[Si](C)c1cccc(Cl)c1Cl. The van der Waals surface area contributed by atoms with Crippen LogP contribution in [0.3, 0.4) is 0 Å². The summed E-state index contributed by atoms with van der Waals surface area (Å²) >= 11 is 12.1. The summed E-state index contributed by atoms with van der Waals surface area (Å²) in [5, 5.41) is 2.31. The Bertz CT molecular complexity index is 317. The number of benzene rings is 1. The topological polar surface area (TPSA) is 9.23 Å². The maximum absolute atomic E-state index is 6.11. The van der Waals surface area contributed by atoms with Crippen LogP contribution in [0.2, 0.25) is 16.6 Å². The van der Waals surface area contributed by atoms with E-state index in [2.05, 4.69) is 13.5 Å². The summed E-state index contributed by atoms with van der Waals surface area (Å²) in [6, 6.07) is 5.71. The molecule has 0 saturated carbocycles. The number of hydrogen-bond acceptors (Lipinski definition) is 1. The molecule has 0 saturated heterocycles. The smallest absolute Gasteiger partial charge is 0.245 e. The summed E-state index contributed by atoms with van der Waals surface area (Å²) in [5.74, 6) is 0. The molecule has 0 heterocycles. The van der Waals surface area contributed by atoms with Gasteiger partial charge >= 0.3 is 0 Å². The van der Waals surface area contributed by atoms with Gasteiger partial charge in [0.2, 0.25) is 9.04 Å². The summed E-state index contributed by atoms with van der Waals surface area (Å²) in [4.78, 5) is 0. The number of unbranched alkanes of at least 4 members (excludes halogenated alkanes) is 1. The van der Waals surface area contributed by atoms with Gasteiger partial charge in [0.25, 0.3) is 0 Å². The van der Waals surface area contributed by atoms with Gasteiger partial charge in [-0.1, -0.05) is 48.7 Å². The molecular formula is C11H15Cl2OSi. The molecule has 0 atom stereocenters. The van der Waals surface area contributed by atoms with Crippen LogP contribution in [-0.4, -0.2) is 15.6 Å². The fraction of sp³-hybridized carbons (Fsp3) is 0.455. The van der Waals surface area contributed by atoms with E-state index in [1.54, 1.807) is 6.07 Å². The van der Waals surface area contributed by atoms with Crippen molar-refractivity contribution in [3.63, 3.8) is 0 Å². The van der Waals surface area contributed by atoms with Crippen molar-refractivity contribution in [2.45, 2.75) is 26.3 Å². The van der Waals surface area contributed by atoms with Crippen molar-refractivity contribution in [2.75, 3.05) is 6.61 Å². The molecule has 1 radical (unpaired) electrons. The Labute approximate surface area is 103 Å². The highest BCUT2D eigenvalue weighted by molar-refractivity contribution is 6.69. The first-order chi connectivity index (χ1) is 7.16. The lowest BCUT2D eigenvalue weighted by Crippen LogP contribution is -2.31. The van der Waals surface area contributed by atoms with E-state index in [-0.39, 0.29) is 0 Å². The molecule has 0 aliphatic rings. The van der Waals surface area contributed by atoms with Crippen LogP contribution in [0.25, 0.3) is 0 Å². The van der Waals surface area contributed by atoms with E-state index >= 15 is 0 Å². The third-order valence-electron chi connectivity index (χ3n) is 2.15. The molecular weight excluding hydrogens is 247 g/mol. The van der Waals surface area contributed by atoms with Crippen molar-refractivity contribution in [1.29, 1.82) is 0 Å². The largest absolute Gasteiger partial charge is 0.412 e. The first kappa shape index (κ1) is 13.0. The third-order valence-corrected chi connectivity index (χ3v) is 4.94. The first-order valence-electron chi connectivity index (χ1n) is 5.07. The summed E-state index contributed by atoms with van der Waals surface area (Å²) in [6.45, 7) is 5.06. The highest BCUT2D eigenvalue weighted by Gasteiger charge is 2.14. The molecule has 0 unspecified atom stereocenters. The van der Waals surface area contributed by atoms with Crippen LogP contribution in [0.15, 0.2) is 18.2 Å². The average Bonchev–Trinajstić information content (AvgIpc) is 2.22. The van der Waals surface area contributed by atoms with E-state index < -0.39 is 9.04 Å². The van der Waals surface area contributed by atoms with Crippen LogP contribution in [0.1, 0.15) is 19.8 Å². The Balaban J connectivity index is 2.65. The molecule has 1 rings (SSSR count). The summed E-state index contributed by atoms with van der Waals surface area (Å²) < 4.78 is 5.76. The molecule has 0 aromatic heterocycles. The zero-order valence-electron chi connectivity index (χ0n) is 9.02. The highest BCUT2D eigenvalue weighted by Crippen LogP contribution is 2.19. The minimum Gasteiger partial charge on any atom is -0.412 e. The molecule has 0 spiro atoms. The molecule has 0 N–H and O–H groups in total. The summed E-state index contributed by atoms with van der Waals surface area (Å²) in [7, 11) is -1.01. The van der Waals surface area contributed by atoms with E-state index in [1.165, 1.54) is 0 Å². The van der Waals surface area contributed by atoms with Crippen LogP contribution in [0.5, 0.6) is 0 Å². The molecule has 1 aromatic rings. The van der Waals surface area contributed by atoms with Gasteiger partial charge in [-0.3, -0.25) is 0 Å². The van der Waals surface area contributed by atoms with Gasteiger partial charge in [0.15, 0.2) is 0 Å². The van der Waals surface area contributed by atoms with E-state index in [9.17, 15) is 0 Å². The van der Waals surface area contributed by atoms with E-state index in [1.807, 2.05) is 12.1 Å². The van der Waals surface area contributed by atoms with Gasteiger partial charge in [-0.05, 0) is 24.2 Å². The Kier molecular flexibility index (Phi) is 5.68. The lowest BCUT2D eigenvalue weighted by atomic mass is 10.4. The Morgan fingerprint density at radius 1 is 1.33 bits per heavy atom. The van der Waals surface area contributed by atoms with Gasteiger partial charge in [0.05, 0.1) is 10.0 Å². The van der Waals surface area contributed by atoms with Crippen molar-refractivity contribution in [3.05, 3.63) is 28.2 Å². The zero-order valence-corrected chi connectivity index (χ0v) is 11.5. The molecule has 4 heteroatoms. The summed E-state index contributed by atoms with van der Waals surface area (Å²) in [5.41, 5.74) is 0. The second kappa shape index (κ2) is 6.54. The quantitative estimate of drug-likeness (QED) is 0.581. The standard InChI is InChI=1S/C11H15Cl2OSi/c1-3-4-8-14-15(2)10-7-5-6-9(12)11(10)13/h5-7H,3-4,8H2,1-2H3. The molecule has 0 amide bonds. The minimum absolute atomic E-state index is 0.609. The minimum atomic E-state index is -1.01. The lowest BCUT2D eigenvalue weighted by molar-refractivity contribution is 0.320. The van der Waals surface area contributed by atoms with Gasteiger partial charge in [-0.2, -0.15) is 0 Å². The zero-order chi connectivity index (χ0) is 11.3. The van der Waals surface area contributed by atoms with E-state index in [0.29, 0.717) is 10.0 Å². The number of hydrogen-bond donors (Lipinski definition) is 0. The van der Waals surface area contributed by atoms with E-state index in [0.717, 1.165) is 24.6 Å². The summed E-state index contributed by atoms with van der Waals surface area (Å²) in [6.07, 6.45) is 2.25. The normalized spacial score (nSPS) is 11.0. The van der Waals surface area contributed by atoms with Gasteiger partial charge in [0, 0.05) is 6.61 Å². The molecule has 1 nitrogen and oxygen atoms in total. The maximum Gasteiger partial charge on any atom is 0.245 e. The third kappa shape index (κ3) is 3.80. The Morgan fingerprint density at radius 3 is 2.73 bits per heavy atom. The van der Waals surface area contributed by atoms with Crippen molar-refractivity contribution in [3.8, 4) is 0 Å². The monoisotopic (exact) mass is 261 g/mol. The number of halogens is 2. The van der Waals surface area contributed by atoms with Crippen LogP contribution in [0, 0.1) is 0 Å². The Hall–Kier alpha value is -0.0231. The van der Waals surface area contributed by atoms with Crippen molar-refractivity contribution < 1.29 is 4.43 Å². The van der Waals surface area contributed by atoms with Gasteiger partial charge in [0.1, 0.15) is 0 Å². The van der Waals surface area contributed by atoms with Gasteiger partial charge in [-0.25, -0.2) is 0 Å². The second-order valence-corrected chi connectivity index (χ2v) is 6.08. The van der Waals surface area contributed by atoms with Crippen LogP contribution in [0.4, 0.5) is 0 Å². The average molecular weight is 262 g/mol. The molecule has 15 heavy (non-hydrogen) atoms. The molecule has 0 bridgehead atoms. The molecule has 0 aliphatic heterocycles. The van der Waals surface area contributed by atoms with Crippen molar-refractivity contribution >= 4 is 37.4 Å².